The molecule has 2 fully saturated rings. The number of hydrogen-bond donors (Lipinski definition) is 15. The SMILES string of the molecule is N=C1NC([C@@H]2NC(=O)/C(=C/N)NC(=O)[C@H](CN)NC(=O)[C@H](CO)NC(=O)[C@@H](NC(=O)C[C@@H](N)CCCN)CNC2=O)C[C@@H](O)N1. The highest BCUT2D eigenvalue weighted by molar-refractivity contribution is 6.02. The van der Waals surface area contributed by atoms with Crippen molar-refractivity contribution in [3.63, 3.8) is 0 Å². The Bertz CT molecular complexity index is 1150. The first-order chi connectivity index (χ1) is 21.3. The van der Waals surface area contributed by atoms with Gasteiger partial charge < -0.3 is 75.7 Å². The Kier molecular flexibility index (Phi) is 14.4. The molecule has 45 heavy (non-hydrogen) atoms. The van der Waals surface area contributed by atoms with Crippen LogP contribution in [0.25, 0.3) is 0 Å². The molecule has 0 aliphatic carbocycles. The number of carbonyl (C=O) groups is 6. The number of amides is 6. The molecule has 0 aromatic carbocycles. The van der Waals surface area contributed by atoms with E-state index < -0.39 is 103 Å². The second kappa shape index (κ2) is 17.7. The van der Waals surface area contributed by atoms with Crippen molar-refractivity contribution < 1.29 is 39.0 Å². The maximum Gasteiger partial charge on any atom is 0.270 e. The Labute approximate surface area is 257 Å². The highest BCUT2D eigenvalue weighted by Gasteiger charge is 2.37. The maximum absolute atomic E-state index is 13.5. The third-order valence-electron chi connectivity index (χ3n) is 6.80. The fraction of sp³-hybridized carbons (Fsp3) is 0.625. The molecule has 0 saturated carbocycles. The highest BCUT2D eigenvalue weighted by Crippen LogP contribution is 2.09. The zero-order chi connectivity index (χ0) is 33.7. The van der Waals surface area contributed by atoms with Crippen molar-refractivity contribution in [1.82, 2.24) is 42.5 Å². The predicted molar refractivity (Wildman–Crippen MR) is 157 cm³/mol. The summed E-state index contributed by atoms with van der Waals surface area (Å²) in [5.41, 5.74) is 22.1. The van der Waals surface area contributed by atoms with Gasteiger partial charge in [-0.05, 0) is 19.4 Å². The van der Waals surface area contributed by atoms with Crippen LogP contribution in [0.15, 0.2) is 11.9 Å². The second-order valence-corrected chi connectivity index (χ2v) is 10.3. The van der Waals surface area contributed by atoms with Gasteiger partial charge in [0.2, 0.25) is 29.5 Å². The van der Waals surface area contributed by atoms with Gasteiger partial charge in [-0.3, -0.25) is 34.2 Å². The normalized spacial score (nSPS) is 28.8. The van der Waals surface area contributed by atoms with Gasteiger partial charge in [-0.2, -0.15) is 0 Å². The van der Waals surface area contributed by atoms with E-state index in [0.717, 1.165) is 6.20 Å². The van der Waals surface area contributed by atoms with Gasteiger partial charge in [0.15, 0.2) is 5.96 Å². The second-order valence-electron chi connectivity index (χ2n) is 10.3. The Morgan fingerprint density at radius 1 is 1.00 bits per heavy atom. The lowest BCUT2D eigenvalue weighted by molar-refractivity contribution is -0.135. The van der Waals surface area contributed by atoms with Gasteiger partial charge in [0, 0.05) is 38.2 Å². The van der Waals surface area contributed by atoms with Crippen molar-refractivity contribution in [2.75, 3.05) is 26.2 Å². The molecule has 21 nitrogen and oxygen atoms in total. The molecule has 2 heterocycles. The molecule has 7 atom stereocenters. The summed E-state index contributed by atoms with van der Waals surface area (Å²) in [6, 6.07) is -7.82. The molecular weight excluding hydrogens is 598 g/mol. The zero-order valence-corrected chi connectivity index (χ0v) is 24.4. The smallest absolute Gasteiger partial charge is 0.270 e. The first kappa shape index (κ1) is 36.6. The minimum absolute atomic E-state index is 0.185. The maximum atomic E-state index is 13.5. The third kappa shape index (κ3) is 11.1. The van der Waals surface area contributed by atoms with Crippen molar-refractivity contribution >= 4 is 41.4 Å². The summed E-state index contributed by atoms with van der Waals surface area (Å²) in [4.78, 5) is 78.3. The van der Waals surface area contributed by atoms with Gasteiger partial charge >= 0.3 is 0 Å². The standard InChI is InChI=1S/C24H43N13O8/c25-3-1-2-10(28)4-16(39)31-14-8-30-23(45)18(11-5-17(40)36-24(29)35-11)37-20(42)13(7-27)32-19(41)12(6-26)33-22(44)15(9-38)34-21(14)43/h7,10-12,14-15,17-18,38,40H,1-6,8-9,25-28H2,(H,30,45)(H,31,39)(H,32,41)(H,33,44)(H,34,43)(H,37,42)(H3,29,35,36)/b13-7-/t10-,11?,12-,14-,15-,17+,18-/m0/s1. The number of hydrogen-bond acceptors (Lipinski definition) is 13. The van der Waals surface area contributed by atoms with E-state index in [1.54, 1.807) is 0 Å². The fourth-order valence-electron chi connectivity index (χ4n) is 4.40. The molecule has 2 saturated heterocycles. The predicted octanol–water partition coefficient (Wildman–Crippen LogP) is -8.42. The van der Waals surface area contributed by atoms with Gasteiger partial charge in [0.25, 0.3) is 5.91 Å². The quantitative estimate of drug-likeness (QED) is 0.104. The summed E-state index contributed by atoms with van der Waals surface area (Å²) < 4.78 is 0. The van der Waals surface area contributed by atoms with Crippen LogP contribution in [0.2, 0.25) is 0 Å². The average Bonchev–Trinajstić information content (AvgIpc) is 2.99. The molecule has 252 valence electrons. The lowest BCUT2D eigenvalue weighted by Crippen LogP contribution is -2.66. The number of carbonyl (C=O) groups excluding carboxylic acids is 6. The molecule has 1 unspecified atom stereocenters. The molecule has 21 heteroatoms. The van der Waals surface area contributed by atoms with Gasteiger partial charge in [-0.25, -0.2) is 0 Å². The Morgan fingerprint density at radius 3 is 2.29 bits per heavy atom. The first-order valence-electron chi connectivity index (χ1n) is 14.1. The van der Waals surface area contributed by atoms with Crippen LogP contribution in [0, 0.1) is 5.41 Å². The minimum atomic E-state index is -1.62. The van der Waals surface area contributed by atoms with E-state index in [1.165, 1.54) is 0 Å². The molecule has 0 aromatic heterocycles. The highest BCUT2D eigenvalue weighted by atomic mass is 16.3. The van der Waals surface area contributed by atoms with Crippen molar-refractivity contribution in [3.05, 3.63) is 11.9 Å². The van der Waals surface area contributed by atoms with Crippen LogP contribution in [-0.4, -0.2) is 120 Å². The van der Waals surface area contributed by atoms with Crippen molar-refractivity contribution in [2.45, 2.75) is 68.2 Å². The summed E-state index contributed by atoms with van der Waals surface area (Å²) in [7, 11) is 0. The van der Waals surface area contributed by atoms with E-state index in [1.807, 2.05) is 0 Å². The molecule has 19 N–H and O–H groups in total. The number of nitrogens with one attached hydrogen (secondary N) is 9. The van der Waals surface area contributed by atoms with E-state index in [0.29, 0.717) is 19.4 Å². The summed E-state index contributed by atoms with van der Waals surface area (Å²) in [5, 5.41) is 46.8. The van der Waals surface area contributed by atoms with E-state index >= 15 is 0 Å². The third-order valence-corrected chi connectivity index (χ3v) is 6.80. The van der Waals surface area contributed by atoms with Crippen LogP contribution >= 0.6 is 0 Å². The largest absolute Gasteiger partial charge is 0.403 e. The van der Waals surface area contributed by atoms with E-state index in [9.17, 15) is 39.0 Å². The van der Waals surface area contributed by atoms with Crippen LogP contribution in [0.4, 0.5) is 0 Å². The van der Waals surface area contributed by atoms with Crippen LogP contribution in [0.1, 0.15) is 25.7 Å². The Balaban J connectivity index is 2.46. The number of guanidine groups is 1. The molecular formula is C24H43N13O8. The van der Waals surface area contributed by atoms with Gasteiger partial charge in [-0.1, -0.05) is 0 Å². The van der Waals surface area contributed by atoms with E-state index in [-0.39, 0.29) is 18.8 Å². The van der Waals surface area contributed by atoms with Crippen molar-refractivity contribution in [1.29, 1.82) is 5.41 Å². The average molecular weight is 642 g/mol. The lowest BCUT2D eigenvalue weighted by atomic mass is 10.0. The lowest BCUT2D eigenvalue weighted by Gasteiger charge is -2.35. The summed E-state index contributed by atoms with van der Waals surface area (Å²) in [6.45, 7) is -1.63. The van der Waals surface area contributed by atoms with Crippen LogP contribution in [0.3, 0.4) is 0 Å². The number of rotatable bonds is 9. The minimum Gasteiger partial charge on any atom is -0.403 e. The molecule has 0 radical (unpaired) electrons. The monoisotopic (exact) mass is 641 g/mol. The molecule has 0 bridgehead atoms. The summed E-state index contributed by atoms with van der Waals surface area (Å²) in [6.07, 6.45) is 0.0350. The molecule has 2 rings (SSSR count). The van der Waals surface area contributed by atoms with Gasteiger partial charge in [-0.15, -0.1) is 0 Å². The van der Waals surface area contributed by atoms with Gasteiger partial charge in [0.05, 0.1) is 12.6 Å². The first-order valence-corrected chi connectivity index (χ1v) is 14.1. The van der Waals surface area contributed by atoms with Crippen LogP contribution < -0.4 is 65.5 Å². The molecule has 2 aliphatic rings. The summed E-state index contributed by atoms with van der Waals surface area (Å²) in [5.74, 6) is -6.05. The van der Waals surface area contributed by atoms with Crippen LogP contribution in [0.5, 0.6) is 0 Å². The van der Waals surface area contributed by atoms with Gasteiger partial charge in [0.1, 0.15) is 36.1 Å². The summed E-state index contributed by atoms with van der Waals surface area (Å²) >= 11 is 0. The number of nitrogens with two attached hydrogens (primary N) is 4. The zero-order valence-electron chi connectivity index (χ0n) is 24.4. The molecule has 0 spiro atoms. The van der Waals surface area contributed by atoms with Crippen LogP contribution in [-0.2, 0) is 28.8 Å². The Hall–Kier alpha value is -4.57. The topological polar surface area (TPSA) is 367 Å². The van der Waals surface area contributed by atoms with E-state index in [4.69, 9.17) is 28.3 Å². The molecule has 2 aliphatic heterocycles. The number of aliphatic hydroxyl groups excluding tert-OH is 2. The molecule has 0 aromatic rings. The van der Waals surface area contributed by atoms with E-state index in [2.05, 4.69) is 42.5 Å². The van der Waals surface area contributed by atoms with Crippen molar-refractivity contribution in [2.24, 2.45) is 22.9 Å². The molecule has 6 amide bonds. The van der Waals surface area contributed by atoms with Crippen molar-refractivity contribution in [3.8, 4) is 0 Å². The number of aliphatic hydroxyl groups is 2. The fourth-order valence-corrected chi connectivity index (χ4v) is 4.40. The Morgan fingerprint density at radius 2 is 1.69 bits per heavy atom.